The number of esters is 1. The fourth-order valence-electron chi connectivity index (χ4n) is 2.84. The van der Waals surface area contributed by atoms with E-state index >= 15 is 0 Å². The minimum Gasteiger partial charge on any atom is -0.505 e. The van der Waals surface area contributed by atoms with Gasteiger partial charge in [-0.05, 0) is 48.6 Å². The first-order chi connectivity index (χ1) is 14.0. The van der Waals surface area contributed by atoms with Crippen molar-refractivity contribution in [1.29, 1.82) is 0 Å². The fraction of sp³-hybridized carbons (Fsp3) is 0.435. The number of halogens is 1. The molecule has 0 saturated carbocycles. The molecule has 0 saturated heterocycles. The third kappa shape index (κ3) is 6.20. The molecule has 0 fully saturated rings. The zero-order chi connectivity index (χ0) is 22.5. The fourth-order valence-corrected chi connectivity index (χ4v) is 3.01. The van der Waals surface area contributed by atoms with Crippen molar-refractivity contribution in [1.82, 2.24) is 15.0 Å². The molecular formula is C23H30ClN3O3. The molecule has 0 amide bonds. The average Bonchev–Trinajstić information content (AvgIpc) is 3.06. The smallest absolute Gasteiger partial charge is 0.302 e. The van der Waals surface area contributed by atoms with Crippen LogP contribution < -0.4 is 0 Å². The van der Waals surface area contributed by atoms with E-state index in [9.17, 15) is 9.90 Å². The van der Waals surface area contributed by atoms with E-state index in [1.165, 1.54) is 11.7 Å². The molecule has 0 spiro atoms. The van der Waals surface area contributed by atoms with Crippen LogP contribution in [-0.2, 0) is 14.9 Å². The predicted molar refractivity (Wildman–Crippen MR) is 121 cm³/mol. The number of phenolic OH excluding ortho intramolecular Hbond substituents is 1. The summed E-state index contributed by atoms with van der Waals surface area (Å²) in [5.41, 5.74) is 3.78. The van der Waals surface area contributed by atoms with E-state index < -0.39 is 0 Å². The monoisotopic (exact) mass is 431 g/mol. The number of carbonyl (C=O) groups is 1. The van der Waals surface area contributed by atoms with Gasteiger partial charge in [-0.1, -0.05) is 51.8 Å². The number of unbranched alkanes of at least 4 members (excludes halogenated alkanes) is 1. The van der Waals surface area contributed by atoms with Crippen LogP contribution in [0.3, 0.4) is 0 Å². The Morgan fingerprint density at radius 1 is 1.17 bits per heavy atom. The second-order valence-electron chi connectivity index (χ2n) is 8.25. The molecule has 0 aliphatic heterocycles. The first-order valence-electron chi connectivity index (χ1n) is 10.0. The minimum atomic E-state index is -0.182. The number of aromatic nitrogens is 3. The summed E-state index contributed by atoms with van der Waals surface area (Å²) >= 11 is 5.99. The summed E-state index contributed by atoms with van der Waals surface area (Å²) in [6.07, 6.45) is 2.05. The number of rotatable bonds is 4. The number of hydrogen-bond acceptors (Lipinski definition) is 5. The molecule has 6 nitrogen and oxygen atoms in total. The molecule has 0 radical (unpaired) electrons. The van der Waals surface area contributed by atoms with E-state index in [1.807, 2.05) is 25.1 Å². The number of aromatic hydroxyl groups is 1. The highest BCUT2D eigenvalue weighted by atomic mass is 35.5. The van der Waals surface area contributed by atoms with Gasteiger partial charge in [0.05, 0.1) is 6.61 Å². The highest BCUT2D eigenvalue weighted by Crippen LogP contribution is 2.36. The van der Waals surface area contributed by atoms with Gasteiger partial charge in [0.15, 0.2) is 0 Å². The lowest BCUT2D eigenvalue weighted by Crippen LogP contribution is -2.13. The van der Waals surface area contributed by atoms with Crippen molar-refractivity contribution in [2.45, 2.75) is 59.8 Å². The summed E-state index contributed by atoms with van der Waals surface area (Å²) in [5.74, 6) is 0.0305. The van der Waals surface area contributed by atoms with Gasteiger partial charge >= 0.3 is 5.97 Å². The number of ether oxygens (including phenoxy) is 1. The first kappa shape index (κ1) is 23.7. The largest absolute Gasteiger partial charge is 0.505 e. The Bertz CT molecular complexity index is 1020. The molecule has 1 heterocycles. The van der Waals surface area contributed by atoms with E-state index in [2.05, 4.69) is 42.6 Å². The Balaban J connectivity index is 0.000000343. The van der Waals surface area contributed by atoms with E-state index in [4.69, 9.17) is 11.6 Å². The Labute approximate surface area is 182 Å². The first-order valence-corrected chi connectivity index (χ1v) is 10.4. The Morgan fingerprint density at radius 3 is 2.43 bits per heavy atom. The standard InChI is InChI=1S/C17H18ClN3O.C6H12O2/c1-10-7-12(17(2,3)4)16(22)15(8-10)21-19-13-6-5-11(18)9-14(13)20-21;1-3-4-5-8-6(2)7/h5-9,22H,1-4H3;3-5H2,1-2H3. The highest BCUT2D eigenvalue weighted by Gasteiger charge is 2.22. The van der Waals surface area contributed by atoms with Crippen LogP contribution in [0.15, 0.2) is 30.3 Å². The molecule has 30 heavy (non-hydrogen) atoms. The van der Waals surface area contributed by atoms with Gasteiger partial charge in [-0.2, -0.15) is 0 Å². The molecule has 2 aromatic carbocycles. The molecule has 0 atom stereocenters. The van der Waals surface area contributed by atoms with Gasteiger partial charge in [0.1, 0.15) is 22.5 Å². The van der Waals surface area contributed by atoms with Crippen molar-refractivity contribution in [3.05, 3.63) is 46.5 Å². The van der Waals surface area contributed by atoms with E-state index in [0.717, 1.165) is 29.5 Å². The van der Waals surface area contributed by atoms with Crippen molar-refractivity contribution >= 4 is 28.6 Å². The summed E-state index contributed by atoms with van der Waals surface area (Å²) in [5, 5.41) is 20.1. The lowest BCUT2D eigenvalue weighted by molar-refractivity contribution is -0.141. The molecule has 1 aromatic heterocycles. The van der Waals surface area contributed by atoms with Crippen molar-refractivity contribution in [3.63, 3.8) is 0 Å². The van der Waals surface area contributed by atoms with Crippen molar-refractivity contribution in [3.8, 4) is 11.4 Å². The van der Waals surface area contributed by atoms with E-state index in [1.54, 1.807) is 12.1 Å². The topological polar surface area (TPSA) is 77.2 Å². The molecule has 162 valence electrons. The zero-order valence-corrected chi connectivity index (χ0v) is 19.2. The Morgan fingerprint density at radius 2 is 1.83 bits per heavy atom. The second kappa shape index (κ2) is 9.94. The SMILES string of the molecule is CCCCOC(C)=O.Cc1cc(-n2nc3ccc(Cl)cc3n2)c(O)c(C(C)(C)C)c1. The molecule has 1 N–H and O–H groups in total. The number of carbonyl (C=O) groups excluding carboxylic acids is 1. The molecular weight excluding hydrogens is 402 g/mol. The molecule has 0 bridgehead atoms. The summed E-state index contributed by atoms with van der Waals surface area (Å²) in [4.78, 5) is 11.6. The van der Waals surface area contributed by atoms with Crippen LogP contribution in [0.5, 0.6) is 5.75 Å². The third-order valence-electron chi connectivity index (χ3n) is 4.40. The molecule has 0 aliphatic rings. The number of fused-ring (bicyclic) bond motifs is 1. The summed E-state index contributed by atoms with van der Waals surface area (Å²) < 4.78 is 4.64. The maximum absolute atomic E-state index is 10.7. The molecule has 0 aliphatic carbocycles. The normalized spacial score (nSPS) is 11.2. The zero-order valence-electron chi connectivity index (χ0n) is 18.5. The summed E-state index contributed by atoms with van der Waals surface area (Å²) in [6, 6.07) is 9.24. The quantitative estimate of drug-likeness (QED) is 0.421. The minimum absolute atomic E-state index is 0.166. The highest BCUT2D eigenvalue weighted by molar-refractivity contribution is 6.31. The van der Waals surface area contributed by atoms with Gasteiger partial charge in [-0.3, -0.25) is 4.79 Å². The Kier molecular flexibility index (Phi) is 7.84. The van der Waals surface area contributed by atoms with Crippen LogP contribution in [0.4, 0.5) is 0 Å². The average molecular weight is 432 g/mol. The number of nitrogens with zero attached hydrogens (tertiary/aromatic N) is 3. The van der Waals surface area contributed by atoms with Crippen molar-refractivity contribution in [2.24, 2.45) is 0 Å². The predicted octanol–water partition coefficient (Wildman–Crippen LogP) is 5.74. The van der Waals surface area contributed by atoms with Crippen LogP contribution >= 0.6 is 11.6 Å². The van der Waals surface area contributed by atoms with Gasteiger partial charge in [-0.25, -0.2) is 0 Å². The second-order valence-corrected chi connectivity index (χ2v) is 8.68. The Hall–Kier alpha value is -2.60. The summed E-state index contributed by atoms with van der Waals surface area (Å²) in [7, 11) is 0. The van der Waals surface area contributed by atoms with Gasteiger partial charge in [0.25, 0.3) is 0 Å². The maximum Gasteiger partial charge on any atom is 0.302 e. The van der Waals surface area contributed by atoms with Gasteiger partial charge in [-0.15, -0.1) is 15.0 Å². The van der Waals surface area contributed by atoms with Gasteiger partial charge in [0.2, 0.25) is 0 Å². The lowest BCUT2D eigenvalue weighted by atomic mass is 9.85. The van der Waals surface area contributed by atoms with Crippen molar-refractivity contribution < 1.29 is 14.6 Å². The van der Waals surface area contributed by atoms with Crippen LogP contribution in [0.2, 0.25) is 5.02 Å². The molecule has 3 aromatic rings. The van der Waals surface area contributed by atoms with E-state index in [0.29, 0.717) is 22.8 Å². The third-order valence-corrected chi connectivity index (χ3v) is 4.64. The number of aryl methyl sites for hydroxylation is 1. The maximum atomic E-state index is 10.7. The number of benzene rings is 2. The summed E-state index contributed by atoms with van der Waals surface area (Å²) in [6.45, 7) is 12.3. The van der Waals surface area contributed by atoms with Crippen LogP contribution in [0.1, 0.15) is 58.6 Å². The number of hydrogen-bond donors (Lipinski definition) is 1. The molecule has 3 rings (SSSR count). The van der Waals surface area contributed by atoms with Crippen LogP contribution in [0.25, 0.3) is 16.7 Å². The molecule has 0 unspecified atom stereocenters. The van der Waals surface area contributed by atoms with E-state index in [-0.39, 0.29) is 17.1 Å². The van der Waals surface area contributed by atoms with Crippen LogP contribution in [0, 0.1) is 6.92 Å². The molecule has 7 heteroatoms. The van der Waals surface area contributed by atoms with Crippen molar-refractivity contribution in [2.75, 3.05) is 6.61 Å². The van der Waals surface area contributed by atoms with Crippen LogP contribution in [-0.4, -0.2) is 32.7 Å². The lowest BCUT2D eigenvalue weighted by Gasteiger charge is -2.22. The van der Waals surface area contributed by atoms with Gasteiger partial charge < -0.3 is 9.84 Å². The van der Waals surface area contributed by atoms with Gasteiger partial charge in [0, 0.05) is 17.5 Å². The number of phenols is 1.